The first-order valence-corrected chi connectivity index (χ1v) is 12.1. The topological polar surface area (TPSA) is 32.3 Å². The molecule has 2 heterocycles. The van der Waals surface area contributed by atoms with Crippen LogP contribution in [0.25, 0.3) is 0 Å². The first-order valence-electron chi connectivity index (χ1n) is 12.1. The molecule has 5 rings (SSSR count). The minimum absolute atomic E-state index is 0. The number of benzene rings is 3. The van der Waals surface area contributed by atoms with Gasteiger partial charge in [0.05, 0.1) is 0 Å². The zero-order valence-electron chi connectivity index (χ0n) is 19.6. The Balaban J connectivity index is 0.00000274. The van der Waals surface area contributed by atoms with Crippen molar-refractivity contribution in [2.75, 3.05) is 25.0 Å². The van der Waals surface area contributed by atoms with Crippen molar-refractivity contribution in [3.05, 3.63) is 101 Å². The van der Waals surface area contributed by atoms with E-state index in [1.165, 1.54) is 5.56 Å². The summed E-state index contributed by atoms with van der Waals surface area (Å²) in [6.07, 6.45) is 3.57. The van der Waals surface area contributed by atoms with Crippen molar-refractivity contribution in [2.45, 2.75) is 43.9 Å². The van der Waals surface area contributed by atoms with Crippen LogP contribution < -0.4 is 5.32 Å². The molecular formula is C29H32ClFN2O. The molecule has 1 amide bonds. The quantitative estimate of drug-likeness (QED) is 0.449. The smallest absolute Gasteiger partial charge is 0.239 e. The number of rotatable bonds is 6. The third-order valence-corrected chi connectivity index (χ3v) is 7.58. The van der Waals surface area contributed by atoms with Gasteiger partial charge in [-0.15, -0.1) is 12.4 Å². The average molecular weight is 479 g/mol. The van der Waals surface area contributed by atoms with E-state index >= 15 is 0 Å². The Hall–Kier alpha value is -2.69. The fourth-order valence-corrected chi connectivity index (χ4v) is 5.71. The van der Waals surface area contributed by atoms with Crippen LogP contribution in [0.5, 0.6) is 0 Å². The fraction of sp³-hybridized carbons (Fsp3) is 0.345. The van der Waals surface area contributed by atoms with Gasteiger partial charge in [0.15, 0.2) is 0 Å². The highest BCUT2D eigenvalue weighted by molar-refractivity contribution is 6.09. The van der Waals surface area contributed by atoms with E-state index in [1.807, 2.05) is 37.3 Å². The van der Waals surface area contributed by atoms with Crippen LogP contribution >= 0.6 is 12.4 Å². The van der Waals surface area contributed by atoms with E-state index in [9.17, 15) is 9.18 Å². The number of aryl methyl sites for hydroxylation is 1. The zero-order chi connectivity index (χ0) is 22.8. The van der Waals surface area contributed by atoms with Crippen molar-refractivity contribution in [2.24, 2.45) is 0 Å². The molecule has 5 heteroatoms. The highest BCUT2D eigenvalue weighted by Gasteiger charge is 2.49. The number of carbonyl (C=O) groups excluding carboxylic acids is 1. The van der Waals surface area contributed by atoms with E-state index in [4.69, 9.17) is 0 Å². The van der Waals surface area contributed by atoms with Crippen molar-refractivity contribution in [1.82, 2.24) is 4.90 Å². The van der Waals surface area contributed by atoms with Crippen LogP contribution in [-0.2, 0) is 16.6 Å². The molecule has 3 aromatic carbocycles. The molecule has 2 aliphatic heterocycles. The van der Waals surface area contributed by atoms with E-state index in [2.05, 4.69) is 40.5 Å². The van der Waals surface area contributed by atoms with Crippen LogP contribution in [-0.4, -0.2) is 30.4 Å². The number of likely N-dealkylation sites (tertiary alicyclic amines) is 1. The molecule has 3 nitrogen and oxygen atoms in total. The van der Waals surface area contributed by atoms with Crippen molar-refractivity contribution in [3.63, 3.8) is 0 Å². The summed E-state index contributed by atoms with van der Waals surface area (Å²) in [6, 6.07) is 23.8. The minimum atomic E-state index is -0.862. The molecule has 0 aliphatic carbocycles. The molecule has 1 unspecified atom stereocenters. The third kappa shape index (κ3) is 4.37. The number of piperidine rings is 1. The molecule has 0 aromatic heterocycles. The van der Waals surface area contributed by atoms with Crippen LogP contribution in [0, 0.1) is 5.82 Å². The fourth-order valence-electron chi connectivity index (χ4n) is 5.71. The highest BCUT2D eigenvalue weighted by Crippen LogP contribution is 2.47. The average Bonchev–Trinajstić information content (AvgIpc) is 3.15. The van der Waals surface area contributed by atoms with Crippen LogP contribution in [0.3, 0.4) is 0 Å². The maximum Gasteiger partial charge on any atom is 0.239 e. The second-order valence-corrected chi connectivity index (χ2v) is 9.34. The molecule has 2 aliphatic rings. The first-order chi connectivity index (χ1) is 16.1. The Kier molecular flexibility index (Phi) is 7.39. The normalized spacial score (nSPS) is 20.5. The summed E-state index contributed by atoms with van der Waals surface area (Å²) >= 11 is 0. The molecular weight excluding hydrogens is 447 g/mol. The number of hydrogen-bond acceptors (Lipinski definition) is 2. The number of hydrogen-bond donors (Lipinski definition) is 1. The Morgan fingerprint density at radius 2 is 1.65 bits per heavy atom. The van der Waals surface area contributed by atoms with Crippen molar-refractivity contribution in [1.29, 1.82) is 0 Å². The predicted molar refractivity (Wildman–Crippen MR) is 138 cm³/mol. The Morgan fingerprint density at radius 3 is 2.29 bits per heavy atom. The second-order valence-electron chi connectivity index (χ2n) is 9.34. The molecule has 3 aromatic rings. The van der Waals surface area contributed by atoms with E-state index in [0.29, 0.717) is 18.8 Å². The SMILES string of the molecule is CCc1cc(F)cc2c1NC(=O)C2(CCN1CCC(c2ccccc2)CC1)c1ccccc1.Cl. The largest absolute Gasteiger partial charge is 0.324 e. The minimum Gasteiger partial charge on any atom is -0.324 e. The Bertz CT molecular complexity index is 1130. The molecule has 1 atom stereocenters. The van der Waals surface area contributed by atoms with Gasteiger partial charge in [-0.1, -0.05) is 67.6 Å². The van der Waals surface area contributed by atoms with E-state index < -0.39 is 5.41 Å². The lowest BCUT2D eigenvalue weighted by Crippen LogP contribution is -2.41. The van der Waals surface area contributed by atoms with Gasteiger partial charge in [0.1, 0.15) is 11.2 Å². The zero-order valence-corrected chi connectivity index (χ0v) is 20.4. The number of amides is 1. The highest BCUT2D eigenvalue weighted by atomic mass is 35.5. The number of nitrogens with one attached hydrogen (secondary N) is 1. The third-order valence-electron chi connectivity index (χ3n) is 7.58. The van der Waals surface area contributed by atoms with Gasteiger partial charge >= 0.3 is 0 Å². The molecule has 34 heavy (non-hydrogen) atoms. The molecule has 0 spiro atoms. The number of nitrogens with zero attached hydrogens (tertiary/aromatic N) is 1. The van der Waals surface area contributed by atoms with Gasteiger partial charge in [-0.05, 0) is 85.6 Å². The van der Waals surface area contributed by atoms with E-state index in [-0.39, 0.29) is 24.1 Å². The first kappa shape index (κ1) is 24.4. The summed E-state index contributed by atoms with van der Waals surface area (Å²) in [4.78, 5) is 16.1. The molecule has 0 saturated carbocycles. The second kappa shape index (κ2) is 10.3. The van der Waals surface area contributed by atoms with Gasteiger partial charge in [0.2, 0.25) is 5.91 Å². The van der Waals surface area contributed by atoms with Gasteiger partial charge in [0, 0.05) is 5.69 Å². The summed E-state index contributed by atoms with van der Waals surface area (Å²) in [7, 11) is 0. The molecule has 1 saturated heterocycles. The summed E-state index contributed by atoms with van der Waals surface area (Å²) < 4.78 is 14.6. The lowest BCUT2D eigenvalue weighted by atomic mass is 9.72. The number of carbonyl (C=O) groups is 1. The molecule has 0 radical (unpaired) electrons. The monoisotopic (exact) mass is 478 g/mol. The van der Waals surface area contributed by atoms with E-state index in [0.717, 1.165) is 54.9 Å². The maximum atomic E-state index is 14.6. The van der Waals surface area contributed by atoms with Crippen LogP contribution in [0.4, 0.5) is 10.1 Å². The summed E-state index contributed by atoms with van der Waals surface area (Å²) in [6.45, 7) is 4.84. The summed E-state index contributed by atoms with van der Waals surface area (Å²) in [5, 5.41) is 3.13. The lowest BCUT2D eigenvalue weighted by Gasteiger charge is -2.35. The van der Waals surface area contributed by atoms with Crippen molar-refractivity contribution in [3.8, 4) is 0 Å². The van der Waals surface area contributed by atoms with Gasteiger partial charge in [-0.2, -0.15) is 0 Å². The molecule has 0 bridgehead atoms. The number of halogens is 2. The van der Waals surface area contributed by atoms with Gasteiger partial charge in [-0.25, -0.2) is 4.39 Å². The number of fused-ring (bicyclic) bond motifs is 1. The van der Waals surface area contributed by atoms with Gasteiger partial charge < -0.3 is 10.2 Å². The van der Waals surface area contributed by atoms with Crippen molar-refractivity contribution < 1.29 is 9.18 Å². The van der Waals surface area contributed by atoms with Crippen LogP contribution in [0.1, 0.15) is 54.4 Å². The van der Waals surface area contributed by atoms with Crippen LogP contribution in [0.15, 0.2) is 72.8 Å². The van der Waals surface area contributed by atoms with Gasteiger partial charge in [0.25, 0.3) is 0 Å². The Labute approximate surface area is 207 Å². The lowest BCUT2D eigenvalue weighted by molar-refractivity contribution is -0.119. The predicted octanol–water partition coefficient (Wildman–Crippen LogP) is 6.32. The maximum absolute atomic E-state index is 14.6. The molecule has 178 valence electrons. The standard InChI is InChI=1S/C29H31FN2O.ClH/c1-2-21-19-25(30)20-26-27(21)31-28(33)29(26,24-11-7-4-8-12-24)15-18-32-16-13-23(14-17-32)22-9-5-3-6-10-22;/h3-12,19-20,23H,2,13-18H2,1H3,(H,31,33);1H. The van der Waals surface area contributed by atoms with Crippen LogP contribution in [0.2, 0.25) is 0 Å². The van der Waals surface area contributed by atoms with Gasteiger partial charge in [-0.3, -0.25) is 4.79 Å². The van der Waals surface area contributed by atoms with E-state index in [1.54, 1.807) is 12.1 Å². The molecule has 1 fully saturated rings. The summed E-state index contributed by atoms with van der Waals surface area (Å²) in [5.74, 6) is 0.288. The number of anilines is 1. The Morgan fingerprint density at radius 1 is 1.00 bits per heavy atom. The van der Waals surface area contributed by atoms with Crippen molar-refractivity contribution >= 4 is 24.0 Å². The molecule has 1 N–H and O–H groups in total. The summed E-state index contributed by atoms with van der Waals surface area (Å²) in [5.41, 5.74) is 3.95.